The van der Waals surface area contributed by atoms with Crippen LogP contribution in [-0.4, -0.2) is 30.3 Å². The molecule has 0 aliphatic rings. The summed E-state index contributed by atoms with van der Waals surface area (Å²) >= 11 is 1.28. The van der Waals surface area contributed by atoms with Crippen molar-refractivity contribution in [2.24, 2.45) is 0 Å². The van der Waals surface area contributed by atoms with Gasteiger partial charge in [0.2, 0.25) is 10.0 Å². The molecule has 0 spiro atoms. The number of nitrogens with one attached hydrogen (secondary N) is 1. The van der Waals surface area contributed by atoms with Gasteiger partial charge in [-0.25, -0.2) is 13.4 Å². The molecule has 2 aromatic heterocycles. The van der Waals surface area contributed by atoms with Crippen LogP contribution in [0.5, 0.6) is 0 Å². The number of aryl methyl sites for hydroxylation is 1. The topological polar surface area (TPSA) is 107 Å². The summed E-state index contributed by atoms with van der Waals surface area (Å²) in [5.74, 6) is -0.770. The van der Waals surface area contributed by atoms with E-state index in [1.807, 2.05) is 6.92 Å². The lowest BCUT2D eigenvalue weighted by Gasteiger charge is -2.07. The molecule has 2 heterocycles. The molecule has 1 aromatic carbocycles. The molecular weight excluding hydrogens is 378 g/mol. The number of thiazole rings is 1. The van der Waals surface area contributed by atoms with Crippen molar-refractivity contribution >= 4 is 32.3 Å². The lowest BCUT2D eigenvalue weighted by atomic mass is 10.2. The Kier molecular flexibility index (Phi) is 5.16. The van der Waals surface area contributed by atoms with E-state index >= 15 is 0 Å². The maximum absolute atomic E-state index is 12.1. The second-order valence-corrected chi connectivity index (χ2v) is 8.08. The van der Waals surface area contributed by atoms with Crippen molar-refractivity contribution in [1.29, 1.82) is 0 Å². The summed E-state index contributed by atoms with van der Waals surface area (Å²) in [4.78, 5) is 28.4. The second-order valence-electron chi connectivity index (χ2n) is 5.44. The first kappa shape index (κ1) is 18.2. The largest absolute Gasteiger partial charge is 0.458 e. The maximum Gasteiger partial charge on any atom is 0.321 e. The Balaban J connectivity index is 1.58. The van der Waals surface area contributed by atoms with Crippen LogP contribution in [0.15, 0.2) is 51.6 Å². The number of aromatic nitrogens is 2. The van der Waals surface area contributed by atoms with Crippen molar-refractivity contribution < 1.29 is 17.9 Å². The molecule has 136 valence electrons. The summed E-state index contributed by atoms with van der Waals surface area (Å²) in [6, 6.07) is 7.51. The van der Waals surface area contributed by atoms with Crippen LogP contribution in [0.1, 0.15) is 11.3 Å². The summed E-state index contributed by atoms with van der Waals surface area (Å²) in [6.45, 7) is 1.11. The van der Waals surface area contributed by atoms with Gasteiger partial charge in [0.15, 0.2) is 4.96 Å². The Morgan fingerprint density at radius 3 is 2.77 bits per heavy atom. The minimum absolute atomic E-state index is 0.0636. The first-order valence-corrected chi connectivity index (χ1v) is 9.89. The Morgan fingerprint density at radius 2 is 2.04 bits per heavy atom. The van der Waals surface area contributed by atoms with E-state index in [0.717, 1.165) is 5.56 Å². The van der Waals surface area contributed by atoms with Crippen LogP contribution in [0.25, 0.3) is 4.96 Å². The molecule has 0 fully saturated rings. The van der Waals surface area contributed by atoms with Crippen molar-refractivity contribution in [2.45, 2.75) is 18.4 Å². The van der Waals surface area contributed by atoms with Crippen LogP contribution in [0.2, 0.25) is 0 Å². The first-order valence-electron chi connectivity index (χ1n) is 7.53. The molecule has 3 aromatic rings. The number of carbonyl (C=O) groups is 1. The molecular formula is C16H15N3O5S2. The quantitative estimate of drug-likeness (QED) is 0.628. The van der Waals surface area contributed by atoms with Crippen LogP contribution in [0, 0.1) is 6.92 Å². The van der Waals surface area contributed by atoms with Gasteiger partial charge in [0.1, 0.15) is 13.2 Å². The standard InChI is InChI=1S/C16H15N3O5S2/c1-11-2-4-13(5-3-11)26(22,23)17-9-15(21)24-10-12-8-14(20)19-6-7-25-16(19)18-12/h2-8,17H,9-10H2,1H3. The highest BCUT2D eigenvalue weighted by atomic mass is 32.2. The van der Waals surface area contributed by atoms with Crippen molar-refractivity contribution in [1.82, 2.24) is 14.1 Å². The third-order valence-corrected chi connectivity index (χ3v) is 5.65. The van der Waals surface area contributed by atoms with Crippen LogP contribution in [-0.2, 0) is 26.2 Å². The van der Waals surface area contributed by atoms with Crippen molar-refractivity contribution in [3.63, 3.8) is 0 Å². The maximum atomic E-state index is 12.1. The molecule has 0 unspecified atom stereocenters. The van der Waals surface area contributed by atoms with Crippen molar-refractivity contribution in [3.05, 3.63) is 63.5 Å². The fourth-order valence-corrected chi connectivity index (χ4v) is 3.83. The number of ether oxygens (including phenoxy) is 1. The minimum atomic E-state index is -3.80. The molecule has 0 atom stereocenters. The highest BCUT2D eigenvalue weighted by molar-refractivity contribution is 7.89. The number of hydrogen-bond donors (Lipinski definition) is 1. The lowest BCUT2D eigenvalue weighted by molar-refractivity contribution is -0.143. The Morgan fingerprint density at radius 1 is 1.31 bits per heavy atom. The number of carbonyl (C=O) groups excluding carboxylic acids is 1. The van der Waals surface area contributed by atoms with Gasteiger partial charge in [-0.1, -0.05) is 17.7 Å². The summed E-state index contributed by atoms with van der Waals surface area (Å²) in [5.41, 5.74) is 0.948. The van der Waals surface area contributed by atoms with Gasteiger partial charge in [-0.05, 0) is 19.1 Å². The van der Waals surface area contributed by atoms with E-state index < -0.39 is 22.5 Å². The summed E-state index contributed by atoms with van der Waals surface area (Å²) in [6.07, 6.45) is 1.60. The highest BCUT2D eigenvalue weighted by Gasteiger charge is 2.16. The zero-order valence-corrected chi connectivity index (χ0v) is 15.3. The fourth-order valence-electron chi connectivity index (χ4n) is 2.12. The van der Waals surface area contributed by atoms with Gasteiger partial charge in [0, 0.05) is 17.6 Å². The van der Waals surface area contributed by atoms with Gasteiger partial charge in [0.25, 0.3) is 5.56 Å². The molecule has 0 saturated carbocycles. The predicted octanol–water partition coefficient (Wildman–Crippen LogP) is 1.09. The van der Waals surface area contributed by atoms with Gasteiger partial charge in [-0.3, -0.25) is 14.0 Å². The fraction of sp³-hybridized carbons (Fsp3) is 0.188. The molecule has 1 N–H and O–H groups in total. The lowest BCUT2D eigenvalue weighted by Crippen LogP contribution is -2.30. The van der Waals surface area contributed by atoms with Gasteiger partial charge < -0.3 is 4.74 Å². The summed E-state index contributed by atoms with van der Waals surface area (Å²) < 4.78 is 32.8. The number of hydrogen-bond acceptors (Lipinski definition) is 7. The number of benzene rings is 1. The molecule has 8 nitrogen and oxygen atoms in total. The number of nitrogens with zero attached hydrogens (tertiary/aromatic N) is 2. The second kappa shape index (κ2) is 7.36. The van der Waals surface area contributed by atoms with Crippen LogP contribution in [0.3, 0.4) is 0 Å². The zero-order chi connectivity index (χ0) is 18.7. The van der Waals surface area contributed by atoms with Crippen LogP contribution in [0.4, 0.5) is 0 Å². The monoisotopic (exact) mass is 393 g/mol. The summed E-state index contributed by atoms with van der Waals surface area (Å²) in [7, 11) is -3.80. The third kappa shape index (κ3) is 4.15. The molecule has 0 amide bonds. The van der Waals surface area contributed by atoms with E-state index in [2.05, 4.69) is 9.71 Å². The van der Waals surface area contributed by atoms with E-state index in [-0.39, 0.29) is 17.1 Å². The molecule has 0 aliphatic carbocycles. The smallest absolute Gasteiger partial charge is 0.321 e. The third-order valence-electron chi connectivity index (χ3n) is 3.48. The Bertz CT molecular complexity index is 1100. The SMILES string of the molecule is Cc1ccc(S(=O)(=O)NCC(=O)OCc2cc(=O)n3ccsc3n2)cc1. The molecule has 0 aliphatic heterocycles. The Labute approximate surface area is 153 Å². The molecule has 0 radical (unpaired) electrons. The summed E-state index contributed by atoms with van der Waals surface area (Å²) in [5, 5.41) is 1.72. The molecule has 26 heavy (non-hydrogen) atoms. The Hall–Kier alpha value is -2.56. The number of sulfonamides is 1. The molecule has 3 rings (SSSR count). The normalized spacial score (nSPS) is 11.6. The molecule has 10 heteroatoms. The van der Waals surface area contributed by atoms with Crippen molar-refractivity contribution in [3.8, 4) is 0 Å². The first-order chi connectivity index (χ1) is 12.3. The van der Waals surface area contributed by atoms with Crippen LogP contribution >= 0.6 is 11.3 Å². The van der Waals surface area contributed by atoms with Gasteiger partial charge in [0.05, 0.1) is 10.6 Å². The zero-order valence-electron chi connectivity index (χ0n) is 13.7. The number of fused-ring (bicyclic) bond motifs is 1. The van der Waals surface area contributed by atoms with Gasteiger partial charge in [-0.2, -0.15) is 4.72 Å². The van der Waals surface area contributed by atoms with Gasteiger partial charge >= 0.3 is 5.97 Å². The van der Waals surface area contributed by atoms with Gasteiger partial charge in [-0.15, -0.1) is 11.3 Å². The van der Waals surface area contributed by atoms with Crippen molar-refractivity contribution in [2.75, 3.05) is 6.54 Å². The molecule has 0 saturated heterocycles. The van der Waals surface area contributed by atoms with Crippen LogP contribution < -0.4 is 10.3 Å². The minimum Gasteiger partial charge on any atom is -0.458 e. The van der Waals surface area contributed by atoms with E-state index in [1.165, 1.54) is 33.9 Å². The average molecular weight is 393 g/mol. The average Bonchev–Trinajstić information content (AvgIpc) is 3.08. The molecule has 0 bridgehead atoms. The predicted molar refractivity (Wildman–Crippen MR) is 95.5 cm³/mol. The number of rotatable bonds is 6. The number of esters is 1. The van der Waals surface area contributed by atoms with E-state index in [9.17, 15) is 18.0 Å². The van der Waals surface area contributed by atoms with E-state index in [0.29, 0.717) is 10.7 Å². The van der Waals surface area contributed by atoms with E-state index in [1.54, 1.807) is 23.7 Å². The highest BCUT2D eigenvalue weighted by Crippen LogP contribution is 2.10. The van der Waals surface area contributed by atoms with E-state index in [4.69, 9.17) is 4.74 Å².